The van der Waals surface area contributed by atoms with Crippen LogP contribution in [-0.2, 0) is 26.4 Å². The van der Waals surface area contributed by atoms with E-state index >= 15 is 0 Å². The highest BCUT2D eigenvalue weighted by Gasteiger charge is 2.35. The first-order chi connectivity index (χ1) is 20.1. The van der Waals surface area contributed by atoms with Gasteiger partial charge in [0.2, 0.25) is 0 Å². The van der Waals surface area contributed by atoms with E-state index < -0.39 is 19.9 Å². The Morgan fingerprint density at radius 2 is 1.69 bits per heavy atom. The van der Waals surface area contributed by atoms with Crippen LogP contribution >= 0.6 is 0 Å². The van der Waals surface area contributed by atoms with E-state index in [1.807, 2.05) is 37.3 Å². The maximum Gasteiger partial charge on any atom is 0.263 e. The van der Waals surface area contributed by atoms with Gasteiger partial charge in [-0.2, -0.15) is 0 Å². The minimum atomic E-state index is -3.94. The first kappa shape index (κ1) is 28.4. The Labute approximate surface area is 246 Å². The maximum atomic E-state index is 13.5. The number of anilines is 1. The van der Waals surface area contributed by atoms with Gasteiger partial charge in [0.1, 0.15) is 5.82 Å². The largest absolute Gasteiger partial charge is 0.347 e. The lowest BCUT2D eigenvalue weighted by atomic mass is 9.89. The Hall–Kier alpha value is -3.70. The fourth-order valence-electron chi connectivity index (χ4n) is 6.22. The predicted octanol–water partition coefficient (Wildman–Crippen LogP) is 4.92. The molecule has 1 amide bonds. The van der Waals surface area contributed by atoms with Gasteiger partial charge < -0.3 is 9.88 Å². The van der Waals surface area contributed by atoms with Crippen LogP contribution in [0.1, 0.15) is 48.2 Å². The highest BCUT2D eigenvalue weighted by molar-refractivity contribution is 7.93. The van der Waals surface area contributed by atoms with E-state index in [1.165, 1.54) is 25.5 Å². The Morgan fingerprint density at radius 3 is 2.38 bits per heavy atom. The minimum Gasteiger partial charge on any atom is -0.347 e. The number of hydrogen-bond acceptors (Lipinski definition) is 6. The second kappa shape index (κ2) is 11.2. The SMILES string of the molecule is Cc1c(C(=O)NC2CS(=O)(=O)C2)cc(-c2ccc(S(=O)(=O)Nc3ccccn3)c3ccccc23)n1CC1CCCCC1. The highest BCUT2D eigenvalue weighted by atomic mass is 32.2. The van der Waals surface area contributed by atoms with Gasteiger partial charge in [-0.05, 0) is 55.3 Å². The Morgan fingerprint density at radius 1 is 0.976 bits per heavy atom. The number of fused-ring (bicyclic) bond motifs is 1. The smallest absolute Gasteiger partial charge is 0.263 e. The molecule has 42 heavy (non-hydrogen) atoms. The molecule has 3 heterocycles. The van der Waals surface area contributed by atoms with Crippen molar-refractivity contribution in [2.75, 3.05) is 16.2 Å². The molecular weight excluding hydrogens is 572 g/mol. The van der Waals surface area contributed by atoms with Gasteiger partial charge in [0.05, 0.1) is 28.0 Å². The number of rotatable bonds is 8. The normalized spacial score (nSPS) is 17.5. The zero-order valence-electron chi connectivity index (χ0n) is 23.4. The molecule has 0 bridgehead atoms. The molecule has 1 aliphatic carbocycles. The molecule has 9 nitrogen and oxygen atoms in total. The van der Waals surface area contributed by atoms with E-state index in [4.69, 9.17) is 0 Å². The number of nitrogens with one attached hydrogen (secondary N) is 2. The van der Waals surface area contributed by atoms with Gasteiger partial charge in [0, 0.05) is 35.1 Å². The maximum absolute atomic E-state index is 13.5. The first-order valence-corrected chi connectivity index (χ1v) is 17.6. The average Bonchev–Trinajstić information content (AvgIpc) is 3.27. The molecule has 2 aromatic heterocycles. The van der Waals surface area contributed by atoms with Crippen molar-refractivity contribution in [2.24, 2.45) is 5.92 Å². The van der Waals surface area contributed by atoms with Gasteiger partial charge in [-0.25, -0.2) is 21.8 Å². The monoisotopic (exact) mass is 606 g/mol. The third-order valence-corrected chi connectivity index (χ3v) is 11.6. The number of carbonyl (C=O) groups excluding carboxylic acids is 1. The number of benzene rings is 2. The van der Waals surface area contributed by atoms with Crippen molar-refractivity contribution in [1.82, 2.24) is 14.9 Å². The lowest BCUT2D eigenvalue weighted by molar-refractivity contribution is 0.0941. The predicted molar refractivity (Wildman–Crippen MR) is 164 cm³/mol. The summed E-state index contributed by atoms with van der Waals surface area (Å²) in [5, 5.41) is 4.20. The second-order valence-electron chi connectivity index (χ2n) is 11.4. The van der Waals surface area contributed by atoms with E-state index in [-0.39, 0.29) is 34.2 Å². The summed E-state index contributed by atoms with van der Waals surface area (Å²) in [7, 11) is -7.01. The van der Waals surface area contributed by atoms with Crippen molar-refractivity contribution in [2.45, 2.75) is 56.5 Å². The summed E-state index contributed by atoms with van der Waals surface area (Å²) in [4.78, 5) is 17.6. The van der Waals surface area contributed by atoms with Gasteiger partial charge in [-0.15, -0.1) is 0 Å². The Balaban J connectivity index is 1.43. The number of pyridine rings is 1. The topological polar surface area (TPSA) is 127 Å². The molecule has 6 rings (SSSR count). The molecule has 1 saturated heterocycles. The number of sulfone groups is 1. The first-order valence-electron chi connectivity index (χ1n) is 14.3. The van der Waals surface area contributed by atoms with Crippen molar-refractivity contribution in [1.29, 1.82) is 0 Å². The summed E-state index contributed by atoms with van der Waals surface area (Å²) in [5.41, 5.74) is 2.98. The molecule has 11 heteroatoms. The molecule has 1 saturated carbocycles. The van der Waals surface area contributed by atoms with Crippen LogP contribution in [0.3, 0.4) is 0 Å². The molecular formula is C31H34N4O5S2. The van der Waals surface area contributed by atoms with Crippen LogP contribution < -0.4 is 10.0 Å². The summed E-state index contributed by atoms with van der Waals surface area (Å²) in [6.45, 7) is 2.68. The molecule has 0 radical (unpaired) electrons. The van der Waals surface area contributed by atoms with E-state index in [1.54, 1.807) is 30.3 Å². The van der Waals surface area contributed by atoms with Crippen LogP contribution in [0.25, 0.3) is 22.0 Å². The zero-order chi connectivity index (χ0) is 29.5. The van der Waals surface area contributed by atoms with Gasteiger partial charge in [-0.1, -0.05) is 55.7 Å². The molecule has 2 aromatic carbocycles. The summed E-state index contributed by atoms with van der Waals surface area (Å²) >= 11 is 0. The zero-order valence-corrected chi connectivity index (χ0v) is 25.0. The van der Waals surface area contributed by atoms with E-state index in [0.717, 1.165) is 41.7 Å². The van der Waals surface area contributed by atoms with Crippen molar-refractivity contribution in [3.05, 3.63) is 78.1 Å². The van der Waals surface area contributed by atoms with E-state index in [9.17, 15) is 21.6 Å². The van der Waals surface area contributed by atoms with Gasteiger partial charge >= 0.3 is 0 Å². The summed E-state index contributed by atoms with van der Waals surface area (Å²) in [5.74, 6) is 0.336. The van der Waals surface area contributed by atoms with Gasteiger partial charge in [0.15, 0.2) is 9.84 Å². The molecule has 2 fully saturated rings. The lowest BCUT2D eigenvalue weighted by Gasteiger charge is -2.26. The van der Waals surface area contributed by atoms with Crippen molar-refractivity contribution >= 4 is 42.4 Å². The van der Waals surface area contributed by atoms with E-state index in [0.29, 0.717) is 16.9 Å². The van der Waals surface area contributed by atoms with Crippen LogP contribution in [0.15, 0.2) is 71.8 Å². The standard InChI is InChI=1S/C31H34N4O5S2/c1-21-27(31(36)33-23-19-41(37,38)20-23)17-28(35(21)18-22-9-3-2-4-10-22)25-14-15-29(26-12-6-5-11-24(25)26)42(39,40)34-30-13-7-8-16-32-30/h5-8,11-17,22-23H,2-4,9-10,18-20H2,1H3,(H,32,34)(H,33,36). The quantitative estimate of drug-likeness (QED) is 0.293. The van der Waals surface area contributed by atoms with Crippen LogP contribution in [-0.4, -0.2) is 49.8 Å². The highest BCUT2D eigenvalue weighted by Crippen LogP contribution is 2.37. The fraction of sp³-hybridized carbons (Fsp3) is 0.355. The molecule has 1 aliphatic heterocycles. The Kier molecular flexibility index (Phi) is 7.57. The van der Waals surface area contributed by atoms with Crippen molar-refractivity contribution < 1.29 is 21.6 Å². The molecule has 2 aliphatic rings. The molecule has 4 aromatic rings. The molecule has 0 spiro atoms. The number of amides is 1. The minimum absolute atomic E-state index is 0.0411. The van der Waals surface area contributed by atoms with Crippen LogP contribution in [0.5, 0.6) is 0 Å². The average molecular weight is 607 g/mol. The van der Waals surface area contributed by atoms with Crippen molar-refractivity contribution in [3.8, 4) is 11.3 Å². The molecule has 0 unspecified atom stereocenters. The third kappa shape index (κ3) is 5.67. The van der Waals surface area contributed by atoms with E-state index in [2.05, 4.69) is 19.6 Å². The summed E-state index contributed by atoms with van der Waals surface area (Å²) < 4.78 is 55.0. The molecule has 2 N–H and O–H groups in total. The van der Waals surface area contributed by atoms with Crippen molar-refractivity contribution in [3.63, 3.8) is 0 Å². The number of carbonyl (C=O) groups is 1. The van der Waals surface area contributed by atoms with Gasteiger partial charge in [0.25, 0.3) is 15.9 Å². The molecule has 0 atom stereocenters. The number of nitrogens with zero attached hydrogens (tertiary/aromatic N) is 2. The fourth-order valence-corrected chi connectivity index (χ4v) is 8.73. The van der Waals surface area contributed by atoms with Crippen LogP contribution in [0, 0.1) is 12.8 Å². The summed E-state index contributed by atoms with van der Waals surface area (Å²) in [6, 6.07) is 17.3. The van der Waals surface area contributed by atoms with Crippen LogP contribution in [0.4, 0.5) is 5.82 Å². The molecule has 220 valence electrons. The number of aromatic nitrogens is 2. The second-order valence-corrected chi connectivity index (χ2v) is 15.2. The van der Waals surface area contributed by atoms with Gasteiger partial charge in [-0.3, -0.25) is 9.52 Å². The number of sulfonamides is 1. The third-order valence-electron chi connectivity index (χ3n) is 8.38. The summed E-state index contributed by atoms with van der Waals surface area (Å²) in [6.07, 6.45) is 7.37. The lowest BCUT2D eigenvalue weighted by Crippen LogP contribution is -2.53. The number of hydrogen-bond donors (Lipinski definition) is 2. The van der Waals surface area contributed by atoms with Crippen LogP contribution in [0.2, 0.25) is 0 Å². The Bertz CT molecular complexity index is 1850.